The Kier molecular flexibility index (Phi) is 1.74. The van der Waals surface area contributed by atoms with E-state index in [4.69, 9.17) is 5.73 Å². The van der Waals surface area contributed by atoms with E-state index in [-0.39, 0.29) is 11.6 Å². The molecule has 2 N–H and O–H groups in total. The molecule has 0 radical (unpaired) electrons. The zero-order chi connectivity index (χ0) is 8.48. The van der Waals surface area contributed by atoms with Crippen molar-refractivity contribution in [2.45, 2.75) is 12.5 Å². The lowest BCUT2D eigenvalue weighted by Crippen LogP contribution is -2.52. The molecule has 0 aromatic carbocycles. The fraction of sp³-hybridized carbons (Fsp3) is 0.250. The summed E-state index contributed by atoms with van der Waals surface area (Å²) in [6, 6.07) is 0. The first-order valence-corrected chi connectivity index (χ1v) is 3.27. The molecular formula is C8H9NO2. The molecule has 0 saturated heterocycles. The summed E-state index contributed by atoms with van der Waals surface area (Å²) in [5.41, 5.74) is 4.10. The Morgan fingerprint density at radius 3 is 2.55 bits per heavy atom. The average Bonchev–Trinajstić information content (AvgIpc) is 1.95. The highest BCUT2D eigenvalue weighted by atomic mass is 16.2. The van der Waals surface area contributed by atoms with E-state index in [1.807, 2.05) is 0 Å². The summed E-state index contributed by atoms with van der Waals surface area (Å²) < 4.78 is 0. The first kappa shape index (κ1) is 7.88. The van der Waals surface area contributed by atoms with E-state index in [9.17, 15) is 9.59 Å². The maximum Gasteiger partial charge on any atom is 0.187 e. The maximum atomic E-state index is 11.1. The van der Waals surface area contributed by atoms with Gasteiger partial charge >= 0.3 is 0 Å². The van der Waals surface area contributed by atoms with Gasteiger partial charge in [-0.3, -0.25) is 9.59 Å². The minimum absolute atomic E-state index is 0.330. The van der Waals surface area contributed by atoms with Gasteiger partial charge in [0.2, 0.25) is 0 Å². The minimum Gasteiger partial charge on any atom is -0.309 e. The van der Waals surface area contributed by atoms with Crippen molar-refractivity contribution in [2.75, 3.05) is 0 Å². The smallest absolute Gasteiger partial charge is 0.187 e. The minimum atomic E-state index is -1.41. The molecule has 0 aliphatic heterocycles. The second-order valence-electron chi connectivity index (χ2n) is 2.51. The lowest BCUT2D eigenvalue weighted by Gasteiger charge is -2.20. The predicted octanol–water partition coefficient (Wildman–Crippen LogP) is -0.0320. The van der Waals surface area contributed by atoms with Crippen molar-refractivity contribution in [3.05, 3.63) is 24.3 Å². The summed E-state index contributed by atoms with van der Waals surface area (Å²) in [6.45, 7) is 1.31. The molecule has 1 rings (SSSR count). The monoisotopic (exact) mass is 151 g/mol. The third kappa shape index (κ3) is 1.14. The number of ketones is 2. The second-order valence-corrected chi connectivity index (χ2v) is 2.51. The van der Waals surface area contributed by atoms with Gasteiger partial charge in [0, 0.05) is 0 Å². The van der Waals surface area contributed by atoms with E-state index in [0.29, 0.717) is 0 Å². The van der Waals surface area contributed by atoms with Crippen LogP contribution in [0.1, 0.15) is 6.92 Å². The van der Waals surface area contributed by atoms with Crippen LogP contribution < -0.4 is 5.73 Å². The van der Waals surface area contributed by atoms with Gasteiger partial charge in [0.1, 0.15) is 0 Å². The van der Waals surface area contributed by atoms with Crippen LogP contribution in [0.15, 0.2) is 24.3 Å². The van der Waals surface area contributed by atoms with Gasteiger partial charge in [0.05, 0.1) is 0 Å². The lowest BCUT2D eigenvalue weighted by atomic mass is 9.87. The van der Waals surface area contributed by atoms with Gasteiger partial charge in [-0.2, -0.15) is 0 Å². The molecule has 0 aromatic rings. The Bertz CT molecular complexity index is 265. The molecule has 0 amide bonds. The number of rotatable bonds is 1. The standard InChI is InChI=1S/C8H9NO2/c1-6(10)8(9)5-3-2-4-7(8)11/h2-5H,9H2,1H3. The maximum absolute atomic E-state index is 11.1. The van der Waals surface area contributed by atoms with Gasteiger partial charge in [0.15, 0.2) is 17.1 Å². The van der Waals surface area contributed by atoms with Gasteiger partial charge < -0.3 is 5.73 Å². The predicted molar refractivity (Wildman–Crippen MR) is 40.9 cm³/mol. The SMILES string of the molecule is CC(=O)C1(N)C=CC=CC1=O. The Morgan fingerprint density at radius 2 is 2.18 bits per heavy atom. The molecule has 1 aliphatic rings. The highest BCUT2D eigenvalue weighted by molar-refractivity contribution is 6.17. The number of hydrogen-bond acceptors (Lipinski definition) is 3. The molecule has 0 bridgehead atoms. The van der Waals surface area contributed by atoms with E-state index in [2.05, 4.69) is 0 Å². The molecular weight excluding hydrogens is 142 g/mol. The molecule has 0 aromatic heterocycles. The topological polar surface area (TPSA) is 60.2 Å². The van der Waals surface area contributed by atoms with E-state index >= 15 is 0 Å². The van der Waals surface area contributed by atoms with Crippen LogP contribution in [0.5, 0.6) is 0 Å². The van der Waals surface area contributed by atoms with Crippen molar-refractivity contribution in [1.82, 2.24) is 0 Å². The highest BCUT2D eigenvalue weighted by Crippen LogP contribution is 2.11. The van der Waals surface area contributed by atoms with Crippen molar-refractivity contribution in [2.24, 2.45) is 5.73 Å². The van der Waals surface area contributed by atoms with Gasteiger partial charge in [0.25, 0.3) is 0 Å². The summed E-state index contributed by atoms with van der Waals surface area (Å²) in [5.74, 6) is -0.685. The van der Waals surface area contributed by atoms with Crippen LogP contribution in [-0.2, 0) is 9.59 Å². The largest absolute Gasteiger partial charge is 0.309 e. The number of nitrogens with two attached hydrogens (primary N) is 1. The quantitative estimate of drug-likeness (QED) is 0.535. The number of carbonyl (C=O) groups excluding carboxylic acids is 2. The van der Waals surface area contributed by atoms with Gasteiger partial charge in [-0.05, 0) is 19.1 Å². The van der Waals surface area contributed by atoms with Gasteiger partial charge in [-0.1, -0.05) is 12.2 Å². The third-order valence-corrected chi connectivity index (χ3v) is 1.71. The van der Waals surface area contributed by atoms with E-state index in [1.165, 1.54) is 19.1 Å². The molecule has 0 saturated carbocycles. The highest BCUT2D eigenvalue weighted by Gasteiger charge is 2.35. The van der Waals surface area contributed by atoms with Crippen molar-refractivity contribution in [3.63, 3.8) is 0 Å². The fourth-order valence-electron chi connectivity index (χ4n) is 0.861. The molecule has 11 heavy (non-hydrogen) atoms. The summed E-state index contributed by atoms with van der Waals surface area (Å²) in [6.07, 6.45) is 5.89. The van der Waals surface area contributed by atoms with Gasteiger partial charge in [-0.15, -0.1) is 0 Å². The van der Waals surface area contributed by atoms with Crippen molar-refractivity contribution in [3.8, 4) is 0 Å². The van der Waals surface area contributed by atoms with E-state index < -0.39 is 5.54 Å². The zero-order valence-electron chi connectivity index (χ0n) is 6.20. The van der Waals surface area contributed by atoms with Crippen LogP contribution in [0.4, 0.5) is 0 Å². The van der Waals surface area contributed by atoms with Crippen LogP contribution in [0.25, 0.3) is 0 Å². The Hall–Kier alpha value is -1.22. The summed E-state index contributed by atoms with van der Waals surface area (Å²) in [7, 11) is 0. The summed E-state index contributed by atoms with van der Waals surface area (Å²) in [4.78, 5) is 22.0. The molecule has 58 valence electrons. The number of Topliss-reactive ketones (excluding diaryl/α,β-unsaturated/α-hetero) is 1. The van der Waals surface area contributed by atoms with E-state index in [1.54, 1.807) is 12.2 Å². The molecule has 0 fully saturated rings. The first-order valence-electron chi connectivity index (χ1n) is 3.27. The number of carbonyl (C=O) groups is 2. The van der Waals surface area contributed by atoms with Crippen LogP contribution in [0, 0.1) is 0 Å². The first-order chi connectivity index (χ1) is 5.07. The molecule has 3 heteroatoms. The molecule has 1 unspecified atom stereocenters. The summed E-state index contributed by atoms with van der Waals surface area (Å²) in [5, 5.41) is 0. The molecule has 0 heterocycles. The molecule has 1 aliphatic carbocycles. The second kappa shape index (κ2) is 2.43. The van der Waals surface area contributed by atoms with Crippen LogP contribution in [-0.4, -0.2) is 17.1 Å². The molecule has 0 spiro atoms. The Labute approximate surface area is 64.6 Å². The van der Waals surface area contributed by atoms with Crippen molar-refractivity contribution >= 4 is 11.6 Å². The lowest BCUT2D eigenvalue weighted by molar-refractivity contribution is -0.128. The summed E-state index contributed by atoms with van der Waals surface area (Å²) >= 11 is 0. The van der Waals surface area contributed by atoms with Crippen LogP contribution in [0.2, 0.25) is 0 Å². The van der Waals surface area contributed by atoms with Crippen LogP contribution in [0.3, 0.4) is 0 Å². The Morgan fingerprint density at radius 1 is 1.55 bits per heavy atom. The van der Waals surface area contributed by atoms with Crippen molar-refractivity contribution < 1.29 is 9.59 Å². The zero-order valence-corrected chi connectivity index (χ0v) is 6.20. The molecule has 3 nitrogen and oxygen atoms in total. The van der Waals surface area contributed by atoms with Crippen molar-refractivity contribution in [1.29, 1.82) is 0 Å². The van der Waals surface area contributed by atoms with Crippen LogP contribution >= 0.6 is 0 Å². The number of allylic oxidation sites excluding steroid dienone is 2. The fourth-order valence-corrected chi connectivity index (χ4v) is 0.861. The average molecular weight is 151 g/mol. The Balaban J connectivity index is 3.04. The third-order valence-electron chi connectivity index (χ3n) is 1.71. The number of hydrogen-bond donors (Lipinski definition) is 1. The van der Waals surface area contributed by atoms with E-state index in [0.717, 1.165) is 0 Å². The molecule has 1 atom stereocenters. The van der Waals surface area contributed by atoms with Gasteiger partial charge in [-0.25, -0.2) is 0 Å². The normalized spacial score (nSPS) is 29.1.